The van der Waals surface area contributed by atoms with Crippen LogP contribution in [0.15, 0.2) is 0 Å². The molecule has 0 bridgehead atoms. The van der Waals surface area contributed by atoms with Crippen molar-refractivity contribution in [2.24, 2.45) is 0 Å². The highest BCUT2D eigenvalue weighted by molar-refractivity contribution is 7.99. The molecule has 3 heteroatoms. The van der Waals surface area contributed by atoms with Gasteiger partial charge in [0.25, 0.3) is 0 Å². The Balaban J connectivity index is 1.78. The monoisotopic (exact) mass is 201 g/mol. The molecule has 1 saturated carbocycles. The van der Waals surface area contributed by atoms with Crippen molar-refractivity contribution in [3.05, 3.63) is 0 Å². The van der Waals surface area contributed by atoms with Crippen LogP contribution in [-0.2, 0) is 0 Å². The second-order valence-electron chi connectivity index (χ2n) is 4.19. The first kappa shape index (κ1) is 9.81. The predicted molar refractivity (Wildman–Crippen MR) is 57.1 cm³/mol. The Kier molecular flexibility index (Phi) is 3.52. The fourth-order valence-electron chi connectivity index (χ4n) is 2.27. The molecule has 0 aromatic heterocycles. The van der Waals surface area contributed by atoms with E-state index in [4.69, 9.17) is 0 Å². The molecule has 0 amide bonds. The first-order valence-electron chi connectivity index (χ1n) is 5.38. The van der Waals surface area contributed by atoms with Gasteiger partial charge in [0, 0.05) is 17.8 Å². The normalized spacial score (nSPS) is 40.8. The molecular weight excluding hydrogens is 182 g/mol. The van der Waals surface area contributed by atoms with Gasteiger partial charge in [-0.15, -0.1) is 0 Å². The molecule has 13 heavy (non-hydrogen) atoms. The summed E-state index contributed by atoms with van der Waals surface area (Å²) in [5, 5.41) is 13.4. The molecule has 1 heterocycles. The van der Waals surface area contributed by atoms with Crippen LogP contribution < -0.4 is 5.32 Å². The minimum absolute atomic E-state index is 0.0839. The van der Waals surface area contributed by atoms with E-state index in [0.717, 1.165) is 6.42 Å². The highest BCUT2D eigenvalue weighted by atomic mass is 32.2. The maximum absolute atomic E-state index is 9.76. The number of thioether (sulfide) groups is 1. The summed E-state index contributed by atoms with van der Waals surface area (Å²) in [4.78, 5) is 0. The summed E-state index contributed by atoms with van der Waals surface area (Å²) in [5.74, 6) is 2.53. The molecule has 2 aliphatic rings. The van der Waals surface area contributed by atoms with Crippen molar-refractivity contribution in [2.45, 2.75) is 50.3 Å². The average molecular weight is 201 g/mol. The summed E-state index contributed by atoms with van der Waals surface area (Å²) in [6.45, 7) is 0. The quantitative estimate of drug-likeness (QED) is 0.708. The lowest BCUT2D eigenvalue weighted by atomic mass is 9.92. The summed E-state index contributed by atoms with van der Waals surface area (Å²) < 4.78 is 0. The maximum Gasteiger partial charge on any atom is 0.0693 e. The molecule has 0 radical (unpaired) electrons. The highest BCUT2D eigenvalue weighted by Gasteiger charge is 2.26. The lowest BCUT2D eigenvalue weighted by Crippen LogP contribution is -2.47. The van der Waals surface area contributed by atoms with Crippen molar-refractivity contribution < 1.29 is 5.11 Å². The number of hydrogen-bond acceptors (Lipinski definition) is 3. The van der Waals surface area contributed by atoms with Gasteiger partial charge in [-0.05, 0) is 25.0 Å². The minimum atomic E-state index is -0.0839. The van der Waals surface area contributed by atoms with Gasteiger partial charge in [-0.1, -0.05) is 12.8 Å². The van der Waals surface area contributed by atoms with Gasteiger partial charge in [0.05, 0.1) is 6.10 Å². The van der Waals surface area contributed by atoms with Crippen LogP contribution in [0.5, 0.6) is 0 Å². The van der Waals surface area contributed by atoms with Gasteiger partial charge in [-0.25, -0.2) is 0 Å². The second-order valence-corrected chi connectivity index (χ2v) is 5.34. The Morgan fingerprint density at radius 1 is 1.15 bits per heavy atom. The van der Waals surface area contributed by atoms with Gasteiger partial charge in [0.15, 0.2) is 0 Å². The summed E-state index contributed by atoms with van der Waals surface area (Å²) in [6.07, 6.45) is 5.86. The van der Waals surface area contributed by atoms with E-state index >= 15 is 0 Å². The zero-order valence-corrected chi connectivity index (χ0v) is 8.85. The Hall–Kier alpha value is 0.270. The lowest BCUT2D eigenvalue weighted by molar-refractivity contribution is 0.0864. The van der Waals surface area contributed by atoms with Crippen LogP contribution in [0, 0.1) is 0 Å². The smallest absolute Gasteiger partial charge is 0.0693 e. The predicted octanol–water partition coefficient (Wildman–Crippen LogP) is 1.39. The van der Waals surface area contributed by atoms with Gasteiger partial charge in [-0.3, -0.25) is 0 Å². The molecule has 3 unspecified atom stereocenters. The summed E-state index contributed by atoms with van der Waals surface area (Å²) in [5.41, 5.74) is 0. The Morgan fingerprint density at radius 3 is 2.69 bits per heavy atom. The largest absolute Gasteiger partial charge is 0.392 e. The van der Waals surface area contributed by atoms with E-state index in [1.807, 2.05) is 11.8 Å². The summed E-state index contributed by atoms with van der Waals surface area (Å²) in [6, 6.07) is 1.06. The molecule has 2 rings (SSSR count). The Morgan fingerprint density at radius 2 is 2.00 bits per heavy atom. The third-order valence-electron chi connectivity index (χ3n) is 3.11. The molecular formula is C10H19NOS. The van der Waals surface area contributed by atoms with Crippen LogP contribution in [-0.4, -0.2) is 34.8 Å². The second kappa shape index (κ2) is 4.67. The average Bonchev–Trinajstić information content (AvgIpc) is 2.61. The third kappa shape index (κ3) is 2.61. The minimum Gasteiger partial charge on any atom is -0.392 e. The third-order valence-corrected chi connectivity index (χ3v) is 4.27. The van der Waals surface area contributed by atoms with Crippen molar-refractivity contribution >= 4 is 11.8 Å². The van der Waals surface area contributed by atoms with Crippen LogP contribution in [0.2, 0.25) is 0 Å². The molecule has 1 aliphatic carbocycles. The lowest BCUT2D eigenvalue weighted by Gasteiger charge is -2.30. The van der Waals surface area contributed by atoms with Crippen molar-refractivity contribution in [1.29, 1.82) is 0 Å². The standard InChI is InChI=1S/C10H19NOS/c12-10-4-2-1-3-9(10)11-8-5-6-13-7-8/h8-12H,1-7H2. The summed E-state index contributed by atoms with van der Waals surface area (Å²) >= 11 is 2.03. The van der Waals surface area contributed by atoms with Crippen LogP contribution in [0.25, 0.3) is 0 Å². The molecule has 76 valence electrons. The van der Waals surface area contributed by atoms with Crippen molar-refractivity contribution in [2.75, 3.05) is 11.5 Å². The van der Waals surface area contributed by atoms with E-state index in [2.05, 4.69) is 5.32 Å². The zero-order valence-electron chi connectivity index (χ0n) is 8.04. The van der Waals surface area contributed by atoms with E-state index < -0.39 is 0 Å². The molecule has 2 nitrogen and oxygen atoms in total. The van der Waals surface area contributed by atoms with Crippen LogP contribution in [0.1, 0.15) is 32.1 Å². The van der Waals surface area contributed by atoms with Crippen LogP contribution in [0.4, 0.5) is 0 Å². The van der Waals surface area contributed by atoms with Gasteiger partial charge < -0.3 is 10.4 Å². The zero-order chi connectivity index (χ0) is 9.10. The fourth-order valence-corrected chi connectivity index (χ4v) is 3.44. The Labute approximate surface area is 84.5 Å². The molecule has 0 aromatic carbocycles. The van der Waals surface area contributed by atoms with Crippen LogP contribution >= 0.6 is 11.8 Å². The van der Waals surface area contributed by atoms with E-state index in [9.17, 15) is 5.11 Å². The van der Waals surface area contributed by atoms with Gasteiger partial charge in [-0.2, -0.15) is 11.8 Å². The molecule has 1 aliphatic heterocycles. The highest BCUT2D eigenvalue weighted by Crippen LogP contribution is 2.22. The first-order valence-corrected chi connectivity index (χ1v) is 6.53. The van der Waals surface area contributed by atoms with Crippen molar-refractivity contribution in [3.8, 4) is 0 Å². The Bertz CT molecular complexity index is 159. The van der Waals surface area contributed by atoms with E-state index in [0.29, 0.717) is 12.1 Å². The molecule has 2 fully saturated rings. The number of aliphatic hydroxyl groups excluding tert-OH is 1. The van der Waals surface area contributed by atoms with E-state index in [1.54, 1.807) is 0 Å². The first-order chi connectivity index (χ1) is 6.36. The molecule has 1 saturated heterocycles. The number of nitrogens with one attached hydrogen (secondary N) is 1. The SMILES string of the molecule is OC1CCCCC1NC1CCSC1. The van der Waals surface area contributed by atoms with E-state index in [-0.39, 0.29) is 6.10 Å². The number of rotatable bonds is 2. The van der Waals surface area contributed by atoms with Gasteiger partial charge in [0.2, 0.25) is 0 Å². The van der Waals surface area contributed by atoms with Gasteiger partial charge >= 0.3 is 0 Å². The van der Waals surface area contributed by atoms with E-state index in [1.165, 1.54) is 37.2 Å². The number of aliphatic hydroxyl groups is 1. The maximum atomic E-state index is 9.76. The van der Waals surface area contributed by atoms with Gasteiger partial charge in [0.1, 0.15) is 0 Å². The van der Waals surface area contributed by atoms with Crippen molar-refractivity contribution in [1.82, 2.24) is 5.32 Å². The molecule has 0 spiro atoms. The molecule has 2 N–H and O–H groups in total. The number of hydrogen-bond donors (Lipinski definition) is 2. The van der Waals surface area contributed by atoms with Crippen LogP contribution in [0.3, 0.4) is 0 Å². The topological polar surface area (TPSA) is 32.3 Å². The molecule has 3 atom stereocenters. The van der Waals surface area contributed by atoms with Crippen molar-refractivity contribution in [3.63, 3.8) is 0 Å². The molecule has 0 aromatic rings. The fraction of sp³-hybridized carbons (Fsp3) is 1.00. The summed E-state index contributed by atoms with van der Waals surface area (Å²) in [7, 11) is 0.